The molecule has 0 radical (unpaired) electrons. The van der Waals surface area contributed by atoms with Gasteiger partial charge in [-0.3, -0.25) is 0 Å². The molecule has 0 bridgehead atoms. The molecule has 20 heavy (non-hydrogen) atoms. The summed E-state index contributed by atoms with van der Waals surface area (Å²) in [6.45, 7) is 0.302. The SMILES string of the molecule is O=C(OCC1CCC=CO1)c1ccc2ccccc2c1. The molecule has 1 aliphatic heterocycles. The van der Waals surface area contributed by atoms with Crippen molar-refractivity contribution in [3.63, 3.8) is 0 Å². The Morgan fingerprint density at radius 3 is 2.85 bits per heavy atom. The molecular weight excluding hydrogens is 252 g/mol. The second-order valence-electron chi connectivity index (χ2n) is 4.87. The predicted molar refractivity (Wildman–Crippen MR) is 77.5 cm³/mol. The van der Waals surface area contributed by atoms with Gasteiger partial charge in [0, 0.05) is 0 Å². The van der Waals surface area contributed by atoms with E-state index in [1.165, 1.54) is 0 Å². The molecule has 3 nitrogen and oxygen atoms in total. The first kappa shape index (κ1) is 12.7. The molecule has 0 amide bonds. The summed E-state index contributed by atoms with van der Waals surface area (Å²) in [5.74, 6) is -0.297. The van der Waals surface area contributed by atoms with Crippen molar-refractivity contribution in [2.45, 2.75) is 18.9 Å². The van der Waals surface area contributed by atoms with Gasteiger partial charge < -0.3 is 9.47 Å². The molecule has 1 aliphatic rings. The molecule has 1 atom stereocenters. The fraction of sp³-hybridized carbons (Fsp3) is 0.235. The van der Waals surface area contributed by atoms with Crippen molar-refractivity contribution in [3.8, 4) is 0 Å². The van der Waals surface area contributed by atoms with Gasteiger partial charge in [-0.2, -0.15) is 0 Å². The standard InChI is InChI=1S/C17H16O3/c18-17(20-12-16-7-3-4-10-19-16)15-9-8-13-5-1-2-6-14(13)11-15/h1-2,4-6,8-11,16H,3,7,12H2. The molecule has 102 valence electrons. The minimum absolute atomic E-state index is 0.0237. The van der Waals surface area contributed by atoms with Crippen LogP contribution < -0.4 is 0 Å². The number of hydrogen-bond donors (Lipinski definition) is 0. The van der Waals surface area contributed by atoms with Crippen LogP contribution in [-0.2, 0) is 9.47 Å². The van der Waals surface area contributed by atoms with Gasteiger partial charge in [0.25, 0.3) is 0 Å². The van der Waals surface area contributed by atoms with Gasteiger partial charge in [0.15, 0.2) is 0 Å². The van der Waals surface area contributed by atoms with Crippen LogP contribution in [0.25, 0.3) is 10.8 Å². The highest BCUT2D eigenvalue weighted by Crippen LogP contribution is 2.17. The van der Waals surface area contributed by atoms with Crippen LogP contribution in [0.15, 0.2) is 54.8 Å². The molecule has 0 spiro atoms. The number of carbonyl (C=O) groups is 1. The molecule has 3 heteroatoms. The first-order chi connectivity index (χ1) is 9.83. The van der Waals surface area contributed by atoms with Crippen molar-refractivity contribution in [2.24, 2.45) is 0 Å². The lowest BCUT2D eigenvalue weighted by Crippen LogP contribution is -2.22. The lowest BCUT2D eigenvalue weighted by atomic mass is 10.1. The molecule has 0 saturated heterocycles. The normalized spacial score (nSPS) is 17.7. The van der Waals surface area contributed by atoms with E-state index in [9.17, 15) is 4.79 Å². The molecule has 3 rings (SSSR count). The Morgan fingerprint density at radius 1 is 1.20 bits per heavy atom. The van der Waals surface area contributed by atoms with E-state index in [4.69, 9.17) is 9.47 Å². The van der Waals surface area contributed by atoms with Crippen molar-refractivity contribution in [2.75, 3.05) is 6.61 Å². The minimum Gasteiger partial charge on any atom is -0.495 e. The maximum Gasteiger partial charge on any atom is 0.338 e. The topological polar surface area (TPSA) is 35.5 Å². The van der Waals surface area contributed by atoms with Crippen LogP contribution in [0.2, 0.25) is 0 Å². The number of benzene rings is 2. The number of rotatable bonds is 3. The zero-order valence-electron chi connectivity index (χ0n) is 11.1. The fourth-order valence-corrected chi connectivity index (χ4v) is 2.28. The monoisotopic (exact) mass is 268 g/mol. The van der Waals surface area contributed by atoms with Gasteiger partial charge in [0.1, 0.15) is 12.7 Å². The van der Waals surface area contributed by atoms with Crippen LogP contribution in [0.3, 0.4) is 0 Å². The molecule has 1 heterocycles. The summed E-state index contributed by atoms with van der Waals surface area (Å²) in [7, 11) is 0. The summed E-state index contributed by atoms with van der Waals surface area (Å²) in [6, 6.07) is 13.5. The van der Waals surface area contributed by atoms with Gasteiger partial charge in [0.05, 0.1) is 11.8 Å². The maximum absolute atomic E-state index is 12.0. The number of allylic oxidation sites excluding steroid dienone is 1. The van der Waals surface area contributed by atoms with E-state index >= 15 is 0 Å². The third-order valence-corrected chi connectivity index (χ3v) is 3.41. The Labute approximate surface area is 117 Å². The summed E-state index contributed by atoms with van der Waals surface area (Å²) in [5, 5.41) is 2.16. The zero-order valence-corrected chi connectivity index (χ0v) is 11.1. The highest BCUT2D eigenvalue weighted by atomic mass is 16.6. The van der Waals surface area contributed by atoms with Crippen LogP contribution >= 0.6 is 0 Å². The van der Waals surface area contributed by atoms with Gasteiger partial charge in [0.2, 0.25) is 0 Å². The summed E-state index contributed by atoms with van der Waals surface area (Å²) in [6.07, 6.45) is 5.49. The molecule has 2 aromatic rings. The first-order valence-electron chi connectivity index (χ1n) is 6.79. The van der Waals surface area contributed by atoms with E-state index < -0.39 is 0 Å². The predicted octanol–water partition coefficient (Wildman–Crippen LogP) is 3.69. The number of hydrogen-bond acceptors (Lipinski definition) is 3. The van der Waals surface area contributed by atoms with E-state index in [0.717, 1.165) is 23.6 Å². The highest BCUT2D eigenvalue weighted by Gasteiger charge is 2.15. The van der Waals surface area contributed by atoms with E-state index in [-0.39, 0.29) is 12.1 Å². The molecule has 2 aromatic carbocycles. The van der Waals surface area contributed by atoms with E-state index in [2.05, 4.69) is 0 Å². The number of carbonyl (C=O) groups excluding carboxylic acids is 1. The van der Waals surface area contributed by atoms with Crippen molar-refractivity contribution >= 4 is 16.7 Å². The highest BCUT2D eigenvalue weighted by molar-refractivity contribution is 5.95. The fourth-order valence-electron chi connectivity index (χ4n) is 2.28. The van der Waals surface area contributed by atoms with E-state index in [1.807, 2.05) is 42.5 Å². The van der Waals surface area contributed by atoms with E-state index in [1.54, 1.807) is 12.3 Å². The molecule has 0 aliphatic carbocycles. The van der Waals surface area contributed by atoms with E-state index in [0.29, 0.717) is 12.2 Å². The van der Waals surface area contributed by atoms with Crippen LogP contribution in [0.4, 0.5) is 0 Å². The van der Waals surface area contributed by atoms with Crippen molar-refractivity contribution < 1.29 is 14.3 Å². The summed E-state index contributed by atoms with van der Waals surface area (Å²) >= 11 is 0. The average Bonchev–Trinajstić information content (AvgIpc) is 2.53. The first-order valence-corrected chi connectivity index (χ1v) is 6.79. The van der Waals surface area contributed by atoms with Crippen LogP contribution in [0.1, 0.15) is 23.2 Å². The van der Waals surface area contributed by atoms with Gasteiger partial charge in [-0.25, -0.2) is 4.79 Å². The van der Waals surface area contributed by atoms with Crippen molar-refractivity contribution in [1.82, 2.24) is 0 Å². The Bertz CT molecular complexity index is 645. The minimum atomic E-state index is -0.297. The molecule has 0 saturated carbocycles. The largest absolute Gasteiger partial charge is 0.495 e. The lowest BCUT2D eigenvalue weighted by Gasteiger charge is -2.19. The maximum atomic E-state index is 12.0. The molecular formula is C17H16O3. The third-order valence-electron chi connectivity index (χ3n) is 3.41. The number of ether oxygens (including phenoxy) is 2. The molecule has 0 N–H and O–H groups in total. The molecule has 1 unspecified atom stereocenters. The number of esters is 1. The Hall–Kier alpha value is -2.29. The van der Waals surface area contributed by atoms with Gasteiger partial charge in [-0.15, -0.1) is 0 Å². The van der Waals surface area contributed by atoms with Gasteiger partial charge >= 0.3 is 5.97 Å². The lowest BCUT2D eigenvalue weighted by molar-refractivity contribution is 0.0165. The average molecular weight is 268 g/mol. The Kier molecular flexibility index (Phi) is 3.68. The van der Waals surface area contributed by atoms with Crippen LogP contribution in [0.5, 0.6) is 0 Å². The molecule has 0 aromatic heterocycles. The second kappa shape index (κ2) is 5.78. The Morgan fingerprint density at radius 2 is 2.05 bits per heavy atom. The zero-order chi connectivity index (χ0) is 13.8. The summed E-state index contributed by atoms with van der Waals surface area (Å²) in [5.41, 5.74) is 0.579. The third kappa shape index (κ3) is 2.82. The van der Waals surface area contributed by atoms with Gasteiger partial charge in [-0.1, -0.05) is 30.3 Å². The second-order valence-corrected chi connectivity index (χ2v) is 4.87. The quantitative estimate of drug-likeness (QED) is 0.796. The number of fused-ring (bicyclic) bond motifs is 1. The Balaban J connectivity index is 1.67. The summed E-state index contributed by atoms with van der Waals surface area (Å²) in [4.78, 5) is 12.0. The van der Waals surface area contributed by atoms with Gasteiger partial charge in [-0.05, 0) is 41.8 Å². The van der Waals surface area contributed by atoms with Crippen LogP contribution in [-0.4, -0.2) is 18.7 Å². The molecule has 0 fully saturated rings. The summed E-state index contributed by atoms with van der Waals surface area (Å²) < 4.78 is 10.7. The van der Waals surface area contributed by atoms with Crippen molar-refractivity contribution in [3.05, 3.63) is 60.4 Å². The smallest absolute Gasteiger partial charge is 0.338 e. The van der Waals surface area contributed by atoms with Crippen molar-refractivity contribution in [1.29, 1.82) is 0 Å². The van der Waals surface area contributed by atoms with Crippen LogP contribution in [0, 0.1) is 0 Å².